The van der Waals surface area contributed by atoms with Crippen LogP contribution in [0.15, 0.2) is 22.7 Å². The highest BCUT2D eigenvalue weighted by Crippen LogP contribution is 2.30. The van der Waals surface area contributed by atoms with Gasteiger partial charge >= 0.3 is 0 Å². The minimum absolute atomic E-state index is 0.00186. The molecule has 20 heavy (non-hydrogen) atoms. The standard InChI is InChI=1S/C15H19BrClNO2/c1-14(2)8-18(9-15(3,4)20-14)13(19)11-6-5-10(17)7-12(11)16/h5-7H,8-9H2,1-4H3. The molecular weight excluding hydrogens is 342 g/mol. The summed E-state index contributed by atoms with van der Waals surface area (Å²) in [5, 5.41) is 0.607. The first kappa shape index (κ1) is 15.8. The minimum Gasteiger partial charge on any atom is -0.366 e. The van der Waals surface area contributed by atoms with E-state index in [2.05, 4.69) is 15.9 Å². The second-order valence-corrected chi connectivity index (χ2v) is 7.70. The first-order chi connectivity index (χ1) is 9.10. The van der Waals surface area contributed by atoms with Crippen molar-refractivity contribution in [2.75, 3.05) is 13.1 Å². The SMILES string of the molecule is CC1(C)CN(C(=O)c2ccc(Cl)cc2Br)CC(C)(C)O1. The predicted molar refractivity (Wildman–Crippen MR) is 84.3 cm³/mol. The van der Waals surface area contributed by atoms with Crippen molar-refractivity contribution in [1.29, 1.82) is 0 Å². The van der Waals surface area contributed by atoms with Crippen LogP contribution in [0.1, 0.15) is 38.1 Å². The third kappa shape index (κ3) is 3.54. The molecule has 1 aliphatic rings. The molecule has 1 saturated heterocycles. The van der Waals surface area contributed by atoms with Gasteiger partial charge in [0.1, 0.15) is 0 Å². The van der Waals surface area contributed by atoms with Gasteiger partial charge in [0.05, 0.1) is 16.8 Å². The maximum Gasteiger partial charge on any atom is 0.255 e. The summed E-state index contributed by atoms with van der Waals surface area (Å²) in [4.78, 5) is 14.5. The van der Waals surface area contributed by atoms with Crippen LogP contribution in [0.25, 0.3) is 0 Å². The monoisotopic (exact) mass is 359 g/mol. The molecule has 1 fully saturated rings. The highest BCUT2D eigenvalue weighted by Gasteiger charge is 2.40. The van der Waals surface area contributed by atoms with Crippen molar-refractivity contribution >= 4 is 33.4 Å². The first-order valence-electron chi connectivity index (χ1n) is 6.54. The molecule has 1 aliphatic heterocycles. The summed E-state index contributed by atoms with van der Waals surface area (Å²) in [5.41, 5.74) is -0.0741. The van der Waals surface area contributed by atoms with E-state index in [1.807, 2.05) is 32.6 Å². The summed E-state index contributed by atoms with van der Waals surface area (Å²) in [6, 6.07) is 5.23. The van der Waals surface area contributed by atoms with Crippen LogP contribution in [-0.2, 0) is 4.74 Å². The fourth-order valence-corrected chi connectivity index (χ4v) is 3.62. The number of ether oxygens (including phenoxy) is 1. The zero-order chi connectivity index (χ0) is 15.1. The lowest BCUT2D eigenvalue weighted by molar-refractivity contribution is -0.171. The molecule has 0 saturated carbocycles. The molecular formula is C15H19BrClNO2. The number of amides is 1. The number of carbonyl (C=O) groups excluding carboxylic acids is 1. The van der Waals surface area contributed by atoms with Crippen LogP contribution >= 0.6 is 27.5 Å². The number of hydrogen-bond acceptors (Lipinski definition) is 2. The number of rotatable bonds is 1. The van der Waals surface area contributed by atoms with E-state index in [-0.39, 0.29) is 17.1 Å². The number of benzene rings is 1. The molecule has 0 aliphatic carbocycles. The van der Waals surface area contributed by atoms with Crippen LogP contribution in [0.3, 0.4) is 0 Å². The van der Waals surface area contributed by atoms with Gasteiger partial charge in [-0.3, -0.25) is 4.79 Å². The lowest BCUT2D eigenvalue weighted by Gasteiger charge is -2.47. The molecule has 1 aromatic carbocycles. The van der Waals surface area contributed by atoms with Crippen molar-refractivity contribution in [3.63, 3.8) is 0 Å². The van der Waals surface area contributed by atoms with E-state index in [0.29, 0.717) is 23.7 Å². The Bertz CT molecular complexity index is 527. The molecule has 0 N–H and O–H groups in total. The lowest BCUT2D eigenvalue weighted by atomic mass is 9.98. The molecule has 0 spiro atoms. The summed E-state index contributed by atoms with van der Waals surface area (Å²) in [5.74, 6) is -0.00186. The smallest absolute Gasteiger partial charge is 0.255 e. The van der Waals surface area contributed by atoms with Crippen LogP contribution in [0, 0.1) is 0 Å². The molecule has 3 nitrogen and oxygen atoms in total. The van der Waals surface area contributed by atoms with Gasteiger partial charge in [-0.2, -0.15) is 0 Å². The molecule has 0 atom stereocenters. The van der Waals surface area contributed by atoms with Gasteiger partial charge in [-0.25, -0.2) is 0 Å². The van der Waals surface area contributed by atoms with Crippen molar-refractivity contribution in [2.24, 2.45) is 0 Å². The average Bonchev–Trinajstić information content (AvgIpc) is 2.23. The summed E-state index contributed by atoms with van der Waals surface area (Å²) >= 11 is 9.33. The second-order valence-electron chi connectivity index (χ2n) is 6.41. The zero-order valence-corrected chi connectivity index (χ0v) is 14.5. The van der Waals surface area contributed by atoms with Gasteiger partial charge in [-0.15, -0.1) is 0 Å². The van der Waals surface area contributed by atoms with Crippen molar-refractivity contribution in [3.05, 3.63) is 33.3 Å². The summed E-state index contributed by atoms with van der Waals surface area (Å²) in [7, 11) is 0. The summed E-state index contributed by atoms with van der Waals surface area (Å²) in [6.45, 7) is 9.17. The molecule has 1 heterocycles. The van der Waals surface area contributed by atoms with Gasteiger partial charge in [0.2, 0.25) is 0 Å². The normalized spacial score (nSPS) is 20.8. The van der Waals surface area contributed by atoms with Gasteiger partial charge < -0.3 is 9.64 Å². The Kier molecular flexibility index (Phi) is 4.20. The van der Waals surface area contributed by atoms with Crippen molar-refractivity contribution in [2.45, 2.75) is 38.9 Å². The molecule has 0 bridgehead atoms. The fourth-order valence-electron chi connectivity index (χ4n) is 2.76. The van der Waals surface area contributed by atoms with E-state index in [4.69, 9.17) is 16.3 Å². The lowest BCUT2D eigenvalue weighted by Crippen LogP contribution is -2.58. The van der Waals surface area contributed by atoms with Crippen LogP contribution in [-0.4, -0.2) is 35.1 Å². The number of morpholine rings is 1. The van der Waals surface area contributed by atoms with Crippen molar-refractivity contribution in [1.82, 2.24) is 4.90 Å². The molecule has 110 valence electrons. The number of carbonyl (C=O) groups is 1. The van der Waals surface area contributed by atoms with E-state index in [1.54, 1.807) is 18.2 Å². The van der Waals surface area contributed by atoms with E-state index in [9.17, 15) is 4.79 Å². The molecule has 0 unspecified atom stereocenters. The second kappa shape index (κ2) is 5.32. The number of hydrogen-bond donors (Lipinski definition) is 0. The van der Waals surface area contributed by atoms with E-state index in [0.717, 1.165) is 4.47 Å². The van der Waals surface area contributed by atoms with Gasteiger partial charge in [-0.1, -0.05) is 11.6 Å². The van der Waals surface area contributed by atoms with Gasteiger partial charge in [-0.05, 0) is 61.8 Å². The first-order valence-corrected chi connectivity index (χ1v) is 7.71. The Labute approximate surface area is 133 Å². The highest BCUT2D eigenvalue weighted by molar-refractivity contribution is 9.10. The third-order valence-electron chi connectivity index (χ3n) is 3.14. The molecule has 0 radical (unpaired) electrons. The highest BCUT2D eigenvalue weighted by atomic mass is 79.9. The van der Waals surface area contributed by atoms with Crippen molar-refractivity contribution < 1.29 is 9.53 Å². The fraction of sp³-hybridized carbons (Fsp3) is 0.533. The maximum absolute atomic E-state index is 12.7. The quantitative estimate of drug-likeness (QED) is 0.753. The van der Waals surface area contributed by atoms with Gasteiger partial charge in [0.25, 0.3) is 5.91 Å². The van der Waals surface area contributed by atoms with E-state index in [1.165, 1.54) is 0 Å². The van der Waals surface area contributed by atoms with Crippen molar-refractivity contribution in [3.8, 4) is 0 Å². The third-order valence-corrected chi connectivity index (χ3v) is 4.04. The number of nitrogens with zero attached hydrogens (tertiary/aromatic N) is 1. The molecule has 1 amide bonds. The van der Waals surface area contributed by atoms with Crippen LogP contribution in [0.5, 0.6) is 0 Å². The predicted octanol–water partition coefficient (Wildman–Crippen LogP) is 4.13. The molecule has 2 rings (SSSR count). The molecule has 0 aromatic heterocycles. The number of halogens is 2. The Balaban J connectivity index is 2.28. The topological polar surface area (TPSA) is 29.5 Å². The van der Waals surface area contributed by atoms with Crippen LogP contribution in [0.2, 0.25) is 5.02 Å². The summed E-state index contributed by atoms with van der Waals surface area (Å²) < 4.78 is 6.72. The maximum atomic E-state index is 12.7. The van der Waals surface area contributed by atoms with E-state index >= 15 is 0 Å². The molecule has 5 heteroatoms. The average molecular weight is 361 g/mol. The molecule has 1 aromatic rings. The van der Waals surface area contributed by atoms with Crippen LogP contribution in [0.4, 0.5) is 0 Å². The Hall–Kier alpha value is -0.580. The van der Waals surface area contributed by atoms with Gasteiger partial charge in [0, 0.05) is 22.6 Å². The zero-order valence-electron chi connectivity index (χ0n) is 12.2. The summed E-state index contributed by atoms with van der Waals surface area (Å²) in [6.07, 6.45) is 0. The Morgan fingerprint density at radius 3 is 2.30 bits per heavy atom. The van der Waals surface area contributed by atoms with Gasteiger partial charge in [0.15, 0.2) is 0 Å². The van der Waals surface area contributed by atoms with Crippen LogP contribution < -0.4 is 0 Å². The minimum atomic E-state index is -0.351. The van der Waals surface area contributed by atoms with E-state index < -0.39 is 0 Å². The Morgan fingerprint density at radius 1 is 1.25 bits per heavy atom. The Morgan fingerprint density at radius 2 is 1.80 bits per heavy atom. The largest absolute Gasteiger partial charge is 0.366 e.